The van der Waals surface area contributed by atoms with E-state index in [-0.39, 0.29) is 0 Å². The maximum Gasteiger partial charge on any atom is 0.123 e. The Labute approximate surface area is 199 Å². The average Bonchev–Trinajstić information content (AvgIpc) is 3.44. The van der Waals surface area contributed by atoms with Crippen LogP contribution in [0.1, 0.15) is 56.3 Å². The Morgan fingerprint density at radius 3 is 1.71 bits per heavy atom. The minimum Gasteiger partial charge on any atom is -0.341 e. The number of hydrogen-bond donors (Lipinski definition) is 4. The molecule has 3 fully saturated rings. The number of hydrogen-bond acceptors (Lipinski definition) is 4. The summed E-state index contributed by atoms with van der Waals surface area (Å²) in [7, 11) is 0. The lowest BCUT2D eigenvalue weighted by Crippen LogP contribution is -2.21. The highest BCUT2D eigenvalue weighted by Gasteiger charge is 2.46. The van der Waals surface area contributed by atoms with Gasteiger partial charge in [0.1, 0.15) is 11.6 Å². The predicted molar refractivity (Wildman–Crippen MR) is 134 cm³/mol. The molecule has 0 spiro atoms. The quantitative estimate of drug-likeness (QED) is 0.330. The molecule has 2 saturated heterocycles. The smallest absolute Gasteiger partial charge is 0.123 e. The van der Waals surface area contributed by atoms with Crippen LogP contribution in [0.3, 0.4) is 0 Å². The van der Waals surface area contributed by atoms with Crippen LogP contribution in [0.4, 0.5) is 0 Å². The van der Waals surface area contributed by atoms with Crippen molar-refractivity contribution in [2.45, 2.75) is 56.8 Å². The number of aromatic nitrogens is 4. The molecule has 2 aromatic carbocycles. The molecule has 2 aliphatic heterocycles. The monoisotopic (exact) mass is 450 g/mol. The summed E-state index contributed by atoms with van der Waals surface area (Å²) in [5.74, 6) is 2.98. The van der Waals surface area contributed by atoms with Gasteiger partial charge in [0.25, 0.3) is 0 Å². The van der Waals surface area contributed by atoms with Crippen molar-refractivity contribution in [1.29, 1.82) is 0 Å². The molecule has 2 aromatic heterocycles. The Morgan fingerprint density at radius 2 is 1.21 bits per heavy atom. The summed E-state index contributed by atoms with van der Waals surface area (Å²) < 4.78 is 0. The van der Waals surface area contributed by atoms with E-state index in [1.807, 2.05) is 12.4 Å². The summed E-state index contributed by atoms with van der Waals surface area (Å²) in [5.41, 5.74) is 6.90. The molecule has 0 radical (unpaired) electrons. The second-order valence-corrected chi connectivity index (χ2v) is 10.3. The highest BCUT2D eigenvalue weighted by atomic mass is 15.1. The first-order valence-electron chi connectivity index (χ1n) is 12.5. The summed E-state index contributed by atoms with van der Waals surface area (Å²) in [6.45, 7) is 2.23. The molecule has 34 heavy (non-hydrogen) atoms. The largest absolute Gasteiger partial charge is 0.341 e. The van der Waals surface area contributed by atoms with Crippen molar-refractivity contribution in [2.75, 3.05) is 0 Å². The van der Waals surface area contributed by atoms with Crippen molar-refractivity contribution < 1.29 is 0 Å². The second kappa shape index (κ2) is 7.93. The third-order valence-corrected chi connectivity index (χ3v) is 7.83. The van der Waals surface area contributed by atoms with Crippen LogP contribution in [0.25, 0.3) is 33.6 Å². The minimum absolute atomic E-state index is 0.340. The van der Waals surface area contributed by atoms with E-state index in [0.29, 0.717) is 18.1 Å². The number of benzene rings is 2. The van der Waals surface area contributed by atoms with Gasteiger partial charge in [0.15, 0.2) is 0 Å². The summed E-state index contributed by atoms with van der Waals surface area (Å²) in [4.78, 5) is 16.3. The van der Waals surface area contributed by atoms with Gasteiger partial charge in [-0.15, -0.1) is 0 Å². The molecule has 0 amide bonds. The van der Waals surface area contributed by atoms with Crippen molar-refractivity contribution >= 4 is 0 Å². The number of rotatable bonds is 5. The number of piperidine rings is 1. The van der Waals surface area contributed by atoms with Gasteiger partial charge in [-0.3, -0.25) is 0 Å². The van der Waals surface area contributed by atoms with Crippen LogP contribution in [0.2, 0.25) is 0 Å². The van der Waals surface area contributed by atoms with E-state index in [9.17, 15) is 0 Å². The molecular weight excluding hydrogens is 420 g/mol. The minimum atomic E-state index is 0.340. The molecule has 6 nitrogen and oxygen atoms in total. The molecule has 4 aromatic rings. The summed E-state index contributed by atoms with van der Waals surface area (Å²) in [6.07, 6.45) is 8.81. The van der Waals surface area contributed by atoms with Gasteiger partial charge in [-0.25, -0.2) is 9.97 Å². The first-order valence-corrected chi connectivity index (χ1v) is 12.5. The third-order valence-electron chi connectivity index (χ3n) is 7.83. The second-order valence-electron chi connectivity index (χ2n) is 10.3. The number of fused-ring (bicyclic) bond motifs is 1. The topological polar surface area (TPSA) is 81.4 Å². The van der Waals surface area contributed by atoms with Crippen LogP contribution in [0, 0.1) is 5.92 Å². The standard InChI is InChI=1S/C28H30N6/c1-16-2-11-22(31-16)27-29-14-25(33-27)19-7-3-17(4-8-19)18-5-9-20(10-6-18)26-15-30-28(34-26)24-13-21-12-23(21)32-24/h3-10,14-16,21-24,31-32H,2,11-13H2,1H3,(H,29,33)(H,30,34)/t16-,21?,22?,23?,24?/m0/s1. The highest BCUT2D eigenvalue weighted by molar-refractivity contribution is 5.71. The van der Waals surface area contributed by atoms with Gasteiger partial charge >= 0.3 is 0 Å². The molecule has 4 N–H and O–H groups in total. The molecule has 172 valence electrons. The lowest BCUT2D eigenvalue weighted by Gasteiger charge is -2.09. The number of aromatic amines is 2. The molecule has 0 bridgehead atoms. The first kappa shape index (κ1) is 20.2. The van der Waals surface area contributed by atoms with Crippen LogP contribution in [0.5, 0.6) is 0 Å². The van der Waals surface area contributed by atoms with E-state index in [2.05, 4.69) is 86.0 Å². The van der Waals surface area contributed by atoms with E-state index in [4.69, 9.17) is 0 Å². The van der Waals surface area contributed by atoms with Crippen molar-refractivity contribution in [3.05, 3.63) is 72.6 Å². The third kappa shape index (κ3) is 3.67. The molecule has 5 atom stereocenters. The molecule has 4 unspecified atom stereocenters. The zero-order chi connectivity index (χ0) is 22.6. The zero-order valence-electron chi connectivity index (χ0n) is 19.4. The molecule has 1 saturated carbocycles. The van der Waals surface area contributed by atoms with Gasteiger partial charge < -0.3 is 20.6 Å². The first-order chi connectivity index (χ1) is 16.7. The van der Waals surface area contributed by atoms with Crippen molar-refractivity contribution in [1.82, 2.24) is 30.6 Å². The van der Waals surface area contributed by atoms with Crippen LogP contribution in [0.15, 0.2) is 60.9 Å². The molecule has 4 heterocycles. The fraction of sp³-hybridized carbons (Fsp3) is 0.357. The summed E-state index contributed by atoms with van der Waals surface area (Å²) >= 11 is 0. The zero-order valence-corrected chi connectivity index (χ0v) is 19.4. The van der Waals surface area contributed by atoms with Crippen molar-refractivity contribution in [2.24, 2.45) is 5.92 Å². The Bertz CT molecular complexity index is 1200. The van der Waals surface area contributed by atoms with Crippen LogP contribution >= 0.6 is 0 Å². The van der Waals surface area contributed by atoms with Crippen molar-refractivity contribution in [3.8, 4) is 33.6 Å². The average molecular weight is 451 g/mol. The van der Waals surface area contributed by atoms with Gasteiger partial charge in [0.05, 0.1) is 35.9 Å². The fourth-order valence-corrected chi connectivity index (χ4v) is 5.68. The number of nitrogens with one attached hydrogen (secondary N) is 4. The molecule has 3 aliphatic rings. The van der Waals surface area contributed by atoms with E-state index in [1.165, 1.54) is 36.0 Å². The molecular formula is C28H30N6. The van der Waals surface area contributed by atoms with Gasteiger partial charge in [-0.1, -0.05) is 48.5 Å². The predicted octanol–water partition coefficient (Wildman–Crippen LogP) is 5.37. The fourth-order valence-electron chi connectivity index (χ4n) is 5.68. The highest BCUT2D eigenvalue weighted by Crippen LogP contribution is 2.45. The van der Waals surface area contributed by atoms with Gasteiger partial charge in [-0.2, -0.15) is 0 Å². The van der Waals surface area contributed by atoms with E-state index in [1.54, 1.807) is 0 Å². The Balaban J connectivity index is 1.05. The van der Waals surface area contributed by atoms with Gasteiger partial charge in [0, 0.05) is 12.1 Å². The van der Waals surface area contributed by atoms with Gasteiger partial charge in [0.2, 0.25) is 0 Å². The Morgan fingerprint density at radius 1 is 0.647 bits per heavy atom. The number of H-pyrrole nitrogens is 2. The molecule has 1 aliphatic carbocycles. The summed E-state index contributed by atoms with van der Waals surface area (Å²) in [6, 6.07) is 19.5. The molecule has 6 heteroatoms. The van der Waals surface area contributed by atoms with E-state index in [0.717, 1.165) is 47.0 Å². The van der Waals surface area contributed by atoms with Crippen LogP contribution in [-0.2, 0) is 0 Å². The van der Waals surface area contributed by atoms with Crippen LogP contribution < -0.4 is 10.6 Å². The summed E-state index contributed by atoms with van der Waals surface area (Å²) in [5, 5.41) is 7.27. The van der Waals surface area contributed by atoms with Crippen molar-refractivity contribution in [3.63, 3.8) is 0 Å². The lowest BCUT2D eigenvalue weighted by molar-refractivity contribution is 0.543. The van der Waals surface area contributed by atoms with Gasteiger partial charge in [-0.05, 0) is 60.8 Å². The normalized spacial score (nSPS) is 27.7. The Hall–Kier alpha value is -3.22. The van der Waals surface area contributed by atoms with E-state index < -0.39 is 0 Å². The lowest BCUT2D eigenvalue weighted by atomic mass is 10.0. The number of nitrogens with zero attached hydrogens (tertiary/aromatic N) is 2. The molecule has 7 rings (SSSR count). The van der Waals surface area contributed by atoms with E-state index >= 15 is 0 Å². The number of imidazole rings is 2. The maximum atomic E-state index is 4.65. The Kier molecular flexibility index (Phi) is 4.71. The maximum absolute atomic E-state index is 4.65. The van der Waals surface area contributed by atoms with Crippen LogP contribution in [-0.4, -0.2) is 32.0 Å². The SMILES string of the molecule is C[C@H]1CCC(c2ncc(-c3ccc(-c4ccc(-c5cnc(C6CC7CC7N6)[nH]5)cc4)cc3)[nH]2)N1.